The van der Waals surface area contributed by atoms with Gasteiger partial charge in [0, 0.05) is 19.7 Å². The van der Waals surface area contributed by atoms with E-state index in [-0.39, 0.29) is 0 Å². The van der Waals surface area contributed by atoms with Crippen molar-refractivity contribution in [2.75, 3.05) is 27.9 Å². The lowest BCUT2D eigenvalue weighted by molar-refractivity contribution is 0.171. The van der Waals surface area contributed by atoms with E-state index in [1.807, 2.05) is 18.2 Å². The van der Waals surface area contributed by atoms with Gasteiger partial charge in [-0.25, -0.2) is 0 Å². The molecule has 0 radical (unpaired) electrons. The van der Waals surface area contributed by atoms with E-state index >= 15 is 0 Å². The highest BCUT2D eigenvalue weighted by Crippen LogP contribution is 2.27. The van der Waals surface area contributed by atoms with E-state index < -0.39 is 0 Å². The Bertz CT molecular complexity index is 341. The summed E-state index contributed by atoms with van der Waals surface area (Å²) in [5, 5.41) is 3.37. The second-order valence-electron chi connectivity index (χ2n) is 3.93. The molecule has 1 aromatic rings. The van der Waals surface area contributed by atoms with Crippen molar-refractivity contribution in [2.45, 2.75) is 19.5 Å². The van der Waals surface area contributed by atoms with Gasteiger partial charge in [-0.05, 0) is 24.6 Å². The zero-order valence-corrected chi connectivity index (χ0v) is 10.9. The molecule has 96 valence electrons. The van der Waals surface area contributed by atoms with Gasteiger partial charge >= 0.3 is 0 Å². The van der Waals surface area contributed by atoms with Crippen LogP contribution >= 0.6 is 0 Å². The number of rotatable bonds is 7. The third-order valence-corrected chi connectivity index (χ3v) is 2.52. The standard InChI is InChI=1S/C13H21NO3/c1-10(9-15-2)14-8-11-5-6-12(16-3)13(7-11)17-4/h5-7,10,14H,8-9H2,1-4H3/t10-/m0/s1. The van der Waals surface area contributed by atoms with Crippen molar-refractivity contribution in [2.24, 2.45) is 0 Å². The van der Waals surface area contributed by atoms with Crippen molar-refractivity contribution in [3.8, 4) is 11.5 Å². The molecule has 0 heterocycles. The van der Waals surface area contributed by atoms with Gasteiger partial charge in [-0.2, -0.15) is 0 Å². The minimum absolute atomic E-state index is 0.327. The van der Waals surface area contributed by atoms with Crippen LogP contribution in [0.1, 0.15) is 12.5 Å². The molecule has 0 aliphatic rings. The average Bonchev–Trinajstić information content (AvgIpc) is 2.36. The van der Waals surface area contributed by atoms with Crippen molar-refractivity contribution in [3.63, 3.8) is 0 Å². The number of methoxy groups -OCH3 is 3. The van der Waals surface area contributed by atoms with E-state index in [0.717, 1.165) is 23.6 Å². The Morgan fingerprint density at radius 2 is 1.82 bits per heavy atom. The molecule has 0 amide bonds. The monoisotopic (exact) mass is 239 g/mol. The van der Waals surface area contributed by atoms with Crippen LogP contribution in [0.3, 0.4) is 0 Å². The first-order chi connectivity index (χ1) is 8.21. The van der Waals surface area contributed by atoms with Crippen LogP contribution in [-0.4, -0.2) is 34.0 Å². The summed E-state index contributed by atoms with van der Waals surface area (Å²) >= 11 is 0. The van der Waals surface area contributed by atoms with Gasteiger partial charge in [0.1, 0.15) is 0 Å². The fraction of sp³-hybridized carbons (Fsp3) is 0.538. The predicted octanol–water partition coefficient (Wildman–Crippen LogP) is 1.83. The summed E-state index contributed by atoms with van der Waals surface area (Å²) in [5.74, 6) is 1.51. The minimum atomic E-state index is 0.327. The molecule has 0 aromatic heterocycles. The summed E-state index contributed by atoms with van der Waals surface area (Å²) < 4.78 is 15.5. The highest BCUT2D eigenvalue weighted by atomic mass is 16.5. The van der Waals surface area contributed by atoms with E-state index in [2.05, 4.69) is 12.2 Å². The topological polar surface area (TPSA) is 39.7 Å². The summed E-state index contributed by atoms with van der Waals surface area (Å²) in [6.07, 6.45) is 0. The van der Waals surface area contributed by atoms with Gasteiger partial charge < -0.3 is 19.5 Å². The lowest BCUT2D eigenvalue weighted by atomic mass is 10.2. The predicted molar refractivity (Wildman–Crippen MR) is 67.7 cm³/mol. The Morgan fingerprint density at radius 3 is 2.41 bits per heavy atom. The highest BCUT2D eigenvalue weighted by molar-refractivity contribution is 5.42. The zero-order chi connectivity index (χ0) is 12.7. The highest BCUT2D eigenvalue weighted by Gasteiger charge is 2.05. The summed E-state index contributed by atoms with van der Waals surface area (Å²) in [7, 11) is 4.98. The maximum Gasteiger partial charge on any atom is 0.161 e. The van der Waals surface area contributed by atoms with Crippen LogP contribution in [-0.2, 0) is 11.3 Å². The molecule has 17 heavy (non-hydrogen) atoms. The third-order valence-electron chi connectivity index (χ3n) is 2.52. The molecule has 0 aliphatic carbocycles. The van der Waals surface area contributed by atoms with Gasteiger partial charge in [-0.1, -0.05) is 6.07 Å². The number of hydrogen-bond donors (Lipinski definition) is 1. The lowest BCUT2D eigenvalue weighted by Crippen LogP contribution is -2.29. The minimum Gasteiger partial charge on any atom is -0.493 e. The first-order valence-corrected chi connectivity index (χ1v) is 5.64. The summed E-state index contributed by atoms with van der Waals surface area (Å²) in [6, 6.07) is 6.24. The Morgan fingerprint density at radius 1 is 1.12 bits per heavy atom. The second kappa shape index (κ2) is 7.14. The summed E-state index contributed by atoms with van der Waals surface area (Å²) in [4.78, 5) is 0. The molecule has 0 unspecified atom stereocenters. The van der Waals surface area contributed by atoms with Crippen molar-refractivity contribution in [1.29, 1.82) is 0 Å². The summed E-state index contributed by atoms with van der Waals surface area (Å²) in [6.45, 7) is 3.57. The van der Waals surface area contributed by atoms with Crippen LogP contribution in [0.25, 0.3) is 0 Å². The first kappa shape index (κ1) is 13.8. The molecular formula is C13H21NO3. The molecule has 0 saturated carbocycles. The van der Waals surface area contributed by atoms with Gasteiger partial charge in [0.2, 0.25) is 0 Å². The molecule has 0 bridgehead atoms. The van der Waals surface area contributed by atoms with Crippen LogP contribution in [0.5, 0.6) is 11.5 Å². The Kier molecular flexibility index (Phi) is 5.80. The molecule has 1 rings (SSSR count). The van der Waals surface area contributed by atoms with Crippen LogP contribution in [0.15, 0.2) is 18.2 Å². The normalized spacial score (nSPS) is 12.2. The average molecular weight is 239 g/mol. The third kappa shape index (κ3) is 4.24. The van der Waals surface area contributed by atoms with Crippen LogP contribution in [0.2, 0.25) is 0 Å². The Hall–Kier alpha value is -1.26. The SMILES string of the molecule is COC[C@H](C)NCc1ccc(OC)c(OC)c1. The van der Waals surface area contributed by atoms with Crippen LogP contribution in [0.4, 0.5) is 0 Å². The molecule has 0 aliphatic heterocycles. The van der Waals surface area contributed by atoms with E-state index in [0.29, 0.717) is 12.6 Å². The molecular weight excluding hydrogens is 218 g/mol. The fourth-order valence-corrected chi connectivity index (χ4v) is 1.59. The fourth-order valence-electron chi connectivity index (χ4n) is 1.59. The maximum absolute atomic E-state index is 5.25. The quantitative estimate of drug-likeness (QED) is 0.788. The summed E-state index contributed by atoms with van der Waals surface area (Å²) in [5.41, 5.74) is 1.16. The molecule has 4 heteroatoms. The number of nitrogens with one attached hydrogen (secondary N) is 1. The van der Waals surface area contributed by atoms with E-state index in [1.165, 1.54) is 0 Å². The van der Waals surface area contributed by atoms with Crippen molar-refractivity contribution in [3.05, 3.63) is 23.8 Å². The largest absolute Gasteiger partial charge is 0.493 e. The van der Waals surface area contributed by atoms with Crippen LogP contribution in [0, 0.1) is 0 Å². The number of ether oxygens (including phenoxy) is 3. The van der Waals surface area contributed by atoms with Crippen LogP contribution < -0.4 is 14.8 Å². The molecule has 0 saturated heterocycles. The van der Waals surface area contributed by atoms with Gasteiger partial charge in [-0.15, -0.1) is 0 Å². The van der Waals surface area contributed by atoms with E-state index in [9.17, 15) is 0 Å². The first-order valence-electron chi connectivity index (χ1n) is 5.64. The molecule has 0 spiro atoms. The molecule has 0 fully saturated rings. The lowest BCUT2D eigenvalue weighted by Gasteiger charge is -2.14. The van der Waals surface area contributed by atoms with Gasteiger partial charge in [0.15, 0.2) is 11.5 Å². The van der Waals surface area contributed by atoms with Crippen molar-refractivity contribution in [1.82, 2.24) is 5.32 Å². The molecule has 1 N–H and O–H groups in total. The molecule has 1 aromatic carbocycles. The van der Waals surface area contributed by atoms with Gasteiger partial charge in [0.25, 0.3) is 0 Å². The second-order valence-corrected chi connectivity index (χ2v) is 3.93. The zero-order valence-electron chi connectivity index (χ0n) is 10.9. The molecule has 1 atom stereocenters. The molecule has 4 nitrogen and oxygen atoms in total. The van der Waals surface area contributed by atoms with Gasteiger partial charge in [-0.3, -0.25) is 0 Å². The Labute approximate surface area is 103 Å². The smallest absolute Gasteiger partial charge is 0.161 e. The Balaban J connectivity index is 2.60. The van der Waals surface area contributed by atoms with Crippen molar-refractivity contribution >= 4 is 0 Å². The maximum atomic E-state index is 5.25. The van der Waals surface area contributed by atoms with Gasteiger partial charge in [0.05, 0.1) is 20.8 Å². The van der Waals surface area contributed by atoms with E-state index in [4.69, 9.17) is 14.2 Å². The van der Waals surface area contributed by atoms with E-state index in [1.54, 1.807) is 21.3 Å². The number of hydrogen-bond acceptors (Lipinski definition) is 4. The van der Waals surface area contributed by atoms with Crippen molar-refractivity contribution < 1.29 is 14.2 Å². The number of benzene rings is 1.